The Morgan fingerprint density at radius 3 is 2.76 bits per heavy atom. The third-order valence-corrected chi connectivity index (χ3v) is 2.51. The Balaban J connectivity index is 2.18. The molecule has 2 aromatic rings. The van der Waals surface area contributed by atoms with Crippen molar-refractivity contribution in [3.63, 3.8) is 0 Å². The van der Waals surface area contributed by atoms with Crippen molar-refractivity contribution in [2.45, 2.75) is 6.61 Å². The zero-order valence-corrected chi connectivity index (χ0v) is 10.5. The number of aromatic amines is 1. The van der Waals surface area contributed by atoms with Gasteiger partial charge in [0.2, 0.25) is 0 Å². The van der Waals surface area contributed by atoms with E-state index < -0.39 is 22.0 Å². The van der Waals surface area contributed by atoms with Crippen molar-refractivity contribution in [3.8, 4) is 5.75 Å². The highest BCUT2D eigenvalue weighted by Gasteiger charge is 2.15. The summed E-state index contributed by atoms with van der Waals surface area (Å²) in [5.41, 5.74) is -1.54. The van der Waals surface area contributed by atoms with E-state index in [1.807, 2.05) is 0 Å². The molecule has 2 rings (SSSR count). The molecule has 2 N–H and O–H groups in total. The largest absolute Gasteiger partial charge is 0.479 e. The molecule has 0 aliphatic rings. The number of aromatic carboxylic acids is 1. The number of H-pyrrole nitrogens is 1. The van der Waals surface area contributed by atoms with E-state index in [1.165, 1.54) is 18.2 Å². The number of carbonyl (C=O) groups is 1. The van der Waals surface area contributed by atoms with Crippen molar-refractivity contribution in [1.82, 2.24) is 9.97 Å². The number of hydrogen-bond donors (Lipinski definition) is 2. The third-order valence-electron chi connectivity index (χ3n) is 2.51. The van der Waals surface area contributed by atoms with Gasteiger partial charge in [-0.1, -0.05) is 12.1 Å². The summed E-state index contributed by atoms with van der Waals surface area (Å²) >= 11 is 0. The van der Waals surface area contributed by atoms with Gasteiger partial charge >= 0.3 is 11.7 Å². The topological polar surface area (TPSA) is 135 Å². The third kappa shape index (κ3) is 3.21. The second-order valence-electron chi connectivity index (χ2n) is 3.89. The monoisotopic (exact) mass is 291 g/mol. The minimum absolute atomic E-state index is 0.0208. The van der Waals surface area contributed by atoms with E-state index in [0.29, 0.717) is 0 Å². The first-order chi connectivity index (χ1) is 9.99. The van der Waals surface area contributed by atoms with Gasteiger partial charge < -0.3 is 14.8 Å². The Morgan fingerprint density at radius 2 is 2.14 bits per heavy atom. The van der Waals surface area contributed by atoms with E-state index in [9.17, 15) is 19.7 Å². The second kappa shape index (κ2) is 5.82. The van der Waals surface area contributed by atoms with Crippen LogP contribution in [0.25, 0.3) is 0 Å². The molecule has 0 fully saturated rings. The van der Waals surface area contributed by atoms with Gasteiger partial charge in [0.25, 0.3) is 5.56 Å². The first-order valence-electron chi connectivity index (χ1n) is 5.66. The predicted octanol–water partition coefficient (Wildman–Crippen LogP) is 0.955. The van der Waals surface area contributed by atoms with E-state index in [4.69, 9.17) is 9.84 Å². The predicted molar refractivity (Wildman–Crippen MR) is 69.2 cm³/mol. The average Bonchev–Trinajstić information content (AvgIpc) is 2.45. The Morgan fingerprint density at radius 1 is 1.43 bits per heavy atom. The van der Waals surface area contributed by atoms with E-state index in [2.05, 4.69) is 9.97 Å². The SMILES string of the molecule is O=C(O)c1cnc(COc2ccccc2[N+](=O)[O-])[nH]c1=O. The molecule has 0 aliphatic heterocycles. The summed E-state index contributed by atoms with van der Waals surface area (Å²) < 4.78 is 5.22. The maximum Gasteiger partial charge on any atom is 0.342 e. The normalized spacial score (nSPS) is 10.1. The number of aromatic nitrogens is 2. The Hall–Kier alpha value is -3.23. The maximum atomic E-state index is 11.4. The van der Waals surface area contributed by atoms with Crippen LogP contribution in [-0.4, -0.2) is 26.0 Å². The number of carboxylic acids is 1. The van der Waals surface area contributed by atoms with Crippen molar-refractivity contribution in [2.24, 2.45) is 0 Å². The summed E-state index contributed by atoms with van der Waals surface area (Å²) in [6.07, 6.45) is 0.902. The number of nitro groups is 1. The summed E-state index contributed by atoms with van der Waals surface area (Å²) in [7, 11) is 0. The smallest absolute Gasteiger partial charge is 0.342 e. The number of hydrogen-bond acceptors (Lipinski definition) is 6. The molecule has 0 radical (unpaired) electrons. The lowest BCUT2D eigenvalue weighted by Crippen LogP contribution is -2.20. The highest BCUT2D eigenvalue weighted by Crippen LogP contribution is 2.26. The van der Waals surface area contributed by atoms with Gasteiger partial charge in [-0.15, -0.1) is 0 Å². The average molecular weight is 291 g/mol. The van der Waals surface area contributed by atoms with Crippen LogP contribution in [0.5, 0.6) is 5.75 Å². The lowest BCUT2D eigenvalue weighted by molar-refractivity contribution is -0.385. The van der Waals surface area contributed by atoms with Crippen LogP contribution in [0.4, 0.5) is 5.69 Å². The molecule has 0 saturated heterocycles. The fourth-order valence-electron chi connectivity index (χ4n) is 1.53. The molecule has 108 valence electrons. The molecule has 0 atom stereocenters. The molecule has 0 spiro atoms. The molecule has 0 saturated carbocycles. The summed E-state index contributed by atoms with van der Waals surface area (Å²) in [6, 6.07) is 5.74. The fraction of sp³-hybridized carbons (Fsp3) is 0.0833. The van der Waals surface area contributed by atoms with Crippen molar-refractivity contribution in [3.05, 3.63) is 62.3 Å². The van der Waals surface area contributed by atoms with E-state index in [-0.39, 0.29) is 23.9 Å². The van der Waals surface area contributed by atoms with Crippen molar-refractivity contribution >= 4 is 11.7 Å². The second-order valence-corrected chi connectivity index (χ2v) is 3.89. The molecule has 0 unspecified atom stereocenters. The number of nitrogens with zero attached hydrogens (tertiary/aromatic N) is 2. The molecule has 0 amide bonds. The first kappa shape index (κ1) is 14.2. The molecular weight excluding hydrogens is 282 g/mol. The van der Waals surface area contributed by atoms with E-state index in [1.54, 1.807) is 6.07 Å². The number of carboxylic acid groups (broad SMARTS) is 1. The number of nitro benzene ring substituents is 1. The standard InChI is InChI=1S/C12H9N3O6/c16-11-7(12(17)18)5-13-10(14-11)6-21-9-4-2-1-3-8(9)15(19)20/h1-5H,6H2,(H,17,18)(H,13,14,16). The zero-order chi connectivity index (χ0) is 15.4. The summed E-state index contributed by atoms with van der Waals surface area (Å²) in [4.78, 5) is 38.2. The summed E-state index contributed by atoms with van der Waals surface area (Å²) in [5, 5.41) is 19.5. The quantitative estimate of drug-likeness (QED) is 0.618. The van der Waals surface area contributed by atoms with Crippen LogP contribution >= 0.6 is 0 Å². The zero-order valence-electron chi connectivity index (χ0n) is 10.5. The summed E-state index contributed by atoms with van der Waals surface area (Å²) in [5.74, 6) is -1.31. The highest BCUT2D eigenvalue weighted by molar-refractivity contribution is 5.86. The van der Waals surface area contributed by atoms with Gasteiger partial charge in [0, 0.05) is 12.3 Å². The Labute approximate surface area is 117 Å². The molecular formula is C12H9N3O6. The highest BCUT2D eigenvalue weighted by atomic mass is 16.6. The number of rotatable bonds is 5. The maximum absolute atomic E-state index is 11.4. The number of para-hydroxylation sites is 2. The number of benzene rings is 1. The van der Waals surface area contributed by atoms with Crippen molar-refractivity contribution in [1.29, 1.82) is 0 Å². The van der Waals surface area contributed by atoms with Gasteiger partial charge in [-0.05, 0) is 6.07 Å². The molecule has 9 heteroatoms. The number of nitrogens with one attached hydrogen (secondary N) is 1. The molecule has 1 heterocycles. The fourth-order valence-corrected chi connectivity index (χ4v) is 1.53. The lowest BCUT2D eigenvalue weighted by Gasteiger charge is -2.06. The molecule has 0 aliphatic carbocycles. The van der Waals surface area contributed by atoms with Crippen molar-refractivity contribution in [2.75, 3.05) is 0 Å². The van der Waals surface area contributed by atoms with Crippen molar-refractivity contribution < 1.29 is 19.6 Å². The molecule has 0 bridgehead atoms. The van der Waals surface area contributed by atoms with Gasteiger partial charge in [-0.3, -0.25) is 14.9 Å². The van der Waals surface area contributed by atoms with Crippen LogP contribution in [0.2, 0.25) is 0 Å². The van der Waals surface area contributed by atoms with Crippen LogP contribution in [0.3, 0.4) is 0 Å². The van der Waals surface area contributed by atoms with Gasteiger partial charge in [0.1, 0.15) is 18.0 Å². The minimum Gasteiger partial charge on any atom is -0.479 e. The van der Waals surface area contributed by atoms with Gasteiger partial charge in [-0.25, -0.2) is 9.78 Å². The minimum atomic E-state index is -1.39. The van der Waals surface area contributed by atoms with Crippen LogP contribution in [0.1, 0.15) is 16.2 Å². The van der Waals surface area contributed by atoms with Gasteiger partial charge in [0.15, 0.2) is 5.75 Å². The van der Waals surface area contributed by atoms with E-state index >= 15 is 0 Å². The van der Waals surface area contributed by atoms with Crippen LogP contribution < -0.4 is 10.3 Å². The molecule has 9 nitrogen and oxygen atoms in total. The van der Waals surface area contributed by atoms with Crippen LogP contribution in [-0.2, 0) is 6.61 Å². The van der Waals surface area contributed by atoms with E-state index in [0.717, 1.165) is 6.20 Å². The van der Waals surface area contributed by atoms with Crippen LogP contribution in [0, 0.1) is 10.1 Å². The summed E-state index contributed by atoms with van der Waals surface area (Å²) in [6.45, 7) is -0.236. The Kier molecular flexibility index (Phi) is 3.93. The number of ether oxygens (including phenoxy) is 1. The molecule has 1 aromatic carbocycles. The van der Waals surface area contributed by atoms with Crippen LogP contribution in [0.15, 0.2) is 35.3 Å². The van der Waals surface area contributed by atoms with Gasteiger partial charge in [-0.2, -0.15) is 0 Å². The lowest BCUT2D eigenvalue weighted by atomic mass is 10.3. The van der Waals surface area contributed by atoms with Gasteiger partial charge in [0.05, 0.1) is 4.92 Å². The first-order valence-corrected chi connectivity index (χ1v) is 5.66. The Bertz CT molecular complexity index is 755. The molecule has 1 aromatic heterocycles. The molecule has 21 heavy (non-hydrogen) atoms.